The minimum absolute atomic E-state index is 0.0524. The van der Waals surface area contributed by atoms with E-state index in [0.717, 1.165) is 5.69 Å². The van der Waals surface area contributed by atoms with Crippen LogP contribution in [0.25, 0.3) is 0 Å². The Labute approximate surface area is 117 Å². The molecule has 20 heavy (non-hydrogen) atoms. The topological polar surface area (TPSA) is 90.1 Å². The van der Waals surface area contributed by atoms with E-state index < -0.39 is 0 Å². The monoisotopic (exact) mass is 272 g/mol. The number of hydrogen-bond acceptors (Lipinski definition) is 5. The Balaban J connectivity index is 1.75. The van der Waals surface area contributed by atoms with Crippen molar-refractivity contribution >= 4 is 11.6 Å². The summed E-state index contributed by atoms with van der Waals surface area (Å²) in [6, 6.07) is 6.87. The molecule has 3 N–H and O–H groups in total. The average Bonchev–Trinajstić information content (AvgIpc) is 2.46. The highest BCUT2D eigenvalue weighted by Crippen LogP contribution is 2.12. The van der Waals surface area contributed by atoms with Crippen molar-refractivity contribution in [2.45, 2.75) is 13.5 Å². The molecule has 1 heterocycles. The van der Waals surface area contributed by atoms with Crippen molar-refractivity contribution in [3.05, 3.63) is 48.0 Å². The lowest BCUT2D eigenvalue weighted by atomic mass is 10.3. The molecule has 6 heteroatoms. The van der Waals surface area contributed by atoms with E-state index in [-0.39, 0.29) is 12.5 Å². The lowest BCUT2D eigenvalue weighted by Crippen LogP contribution is -2.28. The lowest BCUT2D eigenvalue weighted by molar-refractivity contribution is -0.123. The van der Waals surface area contributed by atoms with Gasteiger partial charge in [0.2, 0.25) is 0 Å². The number of rotatable bonds is 5. The van der Waals surface area contributed by atoms with E-state index in [2.05, 4.69) is 15.3 Å². The third-order valence-corrected chi connectivity index (χ3v) is 2.55. The molecule has 0 spiro atoms. The fraction of sp³-hybridized carbons (Fsp3) is 0.214. The summed E-state index contributed by atoms with van der Waals surface area (Å²) in [5, 5.41) is 2.71. The molecule has 0 atom stereocenters. The highest BCUT2D eigenvalue weighted by atomic mass is 16.5. The summed E-state index contributed by atoms with van der Waals surface area (Å²) < 4.78 is 5.33. The summed E-state index contributed by atoms with van der Waals surface area (Å²) in [5.41, 5.74) is 7.75. The van der Waals surface area contributed by atoms with Crippen molar-refractivity contribution in [3.63, 3.8) is 0 Å². The van der Waals surface area contributed by atoms with Crippen LogP contribution in [0.2, 0.25) is 0 Å². The maximum Gasteiger partial charge on any atom is 0.258 e. The fourth-order valence-electron chi connectivity index (χ4n) is 1.46. The molecule has 0 unspecified atom stereocenters. The molecular weight excluding hydrogens is 256 g/mol. The molecule has 104 valence electrons. The van der Waals surface area contributed by atoms with E-state index in [0.29, 0.717) is 23.7 Å². The molecule has 0 saturated heterocycles. The number of amides is 1. The van der Waals surface area contributed by atoms with Gasteiger partial charge >= 0.3 is 0 Å². The molecule has 2 aromatic rings. The van der Waals surface area contributed by atoms with Gasteiger partial charge < -0.3 is 15.8 Å². The summed E-state index contributed by atoms with van der Waals surface area (Å²) in [5.74, 6) is 0.383. The number of aromatic nitrogens is 2. The highest BCUT2D eigenvalue weighted by Gasteiger charge is 2.03. The van der Waals surface area contributed by atoms with Crippen molar-refractivity contribution in [3.8, 4) is 5.75 Å². The normalized spacial score (nSPS) is 10.1. The molecule has 2 rings (SSSR count). The third kappa shape index (κ3) is 4.24. The number of nitrogen functional groups attached to an aromatic ring is 1. The number of aryl methyl sites for hydroxylation is 1. The Kier molecular flexibility index (Phi) is 4.49. The average molecular weight is 272 g/mol. The van der Waals surface area contributed by atoms with E-state index in [1.54, 1.807) is 36.7 Å². The summed E-state index contributed by atoms with van der Waals surface area (Å²) in [4.78, 5) is 19.9. The number of ether oxygens (including phenoxy) is 1. The van der Waals surface area contributed by atoms with Gasteiger partial charge in [-0.1, -0.05) is 0 Å². The highest BCUT2D eigenvalue weighted by molar-refractivity contribution is 5.77. The molecule has 0 fully saturated rings. The lowest BCUT2D eigenvalue weighted by Gasteiger charge is -2.07. The smallest absolute Gasteiger partial charge is 0.258 e. The molecule has 1 aromatic heterocycles. The number of hydrogen-bond donors (Lipinski definition) is 2. The number of benzene rings is 1. The van der Waals surface area contributed by atoms with Crippen LogP contribution in [-0.4, -0.2) is 22.5 Å². The standard InChI is InChI=1S/C14H16N4O2/c1-10-6-17-12(7-16-10)8-18-14(19)9-20-13-4-2-11(15)3-5-13/h2-7H,8-9,15H2,1H3,(H,18,19). The van der Waals surface area contributed by atoms with E-state index in [9.17, 15) is 4.79 Å². The van der Waals surface area contributed by atoms with E-state index >= 15 is 0 Å². The van der Waals surface area contributed by atoms with Gasteiger partial charge in [-0.05, 0) is 31.2 Å². The first kappa shape index (κ1) is 13.8. The van der Waals surface area contributed by atoms with Gasteiger partial charge in [0, 0.05) is 11.9 Å². The molecule has 1 aromatic carbocycles. The van der Waals surface area contributed by atoms with Gasteiger partial charge in [0.25, 0.3) is 5.91 Å². The Morgan fingerprint density at radius 1 is 1.25 bits per heavy atom. The largest absolute Gasteiger partial charge is 0.484 e. The van der Waals surface area contributed by atoms with Crippen LogP contribution in [0.4, 0.5) is 5.69 Å². The number of carbonyl (C=O) groups is 1. The van der Waals surface area contributed by atoms with Crippen molar-refractivity contribution in [2.75, 3.05) is 12.3 Å². The van der Waals surface area contributed by atoms with Gasteiger partial charge in [-0.25, -0.2) is 0 Å². The van der Waals surface area contributed by atoms with Crippen LogP contribution in [0.15, 0.2) is 36.7 Å². The van der Waals surface area contributed by atoms with Crippen LogP contribution in [0.1, 0.15) is 11.4 Å². The first-order valence-corrected chi connectivity index (χ1v) is 6.16. The second-order valence-electron chi connectivity index (χ2n) is 4.28. The quantitative estimate of drug-likeness (QED) is 0.794. The maximum absolute atomic E-state index is 11.6. The molecule has 0 radical (unpaired) electrons. The Morgan fingerprint density at radius 2 is 2.00 bits per heavy atom. The van der Waals surface area contributed by atoms with Gasteiger partial charge in [-0.15, -0.1) is 0 Å². The van der Waals surface area contributed by atoms with Crippen molar-refractivity contribution in [1.82, 2.24) is 15.3 Å². The summed E-state index contributed by atoms with van der Waals surface area (Å²) >= 11 is 0. The van der Waals surface area contributed by atoms with Gasteiger partial charge in [0.15, 0.2) is 6.61 Å². The van der Waals surface area contributed by atoms with E-state index in [4.69, 9.17) is 10.5 Å². The molecule has 0 aliphatic heterocycles. The van der Waals surface area contributed by atoms with Crippen molar-refractivity contribution in [1.29, 1.82) is 0 Å². The first-order valence-electron chi connectivity index (χ1n) is 6.16. The second-order valence-corrected chi connectivity index (χ2v) is 4.28. The number of anilines is 1. The summed E-state index contributed by atoms with van der Waals surface area (Å²) in [6.45, 7) is 2.14. The third-order valence-electron chi connectivity index (χ3n) is 2.55. The number of nitrogens with two attached hydrogens (primary N) is 1. The van der Waals surface area contributed by atoms with Gasteiger partial charge in [0.1, 0.15) is 5.75 Å². The second kappa shape index (κ2) is 6.51. The van der Waals surface area contributed by atoms with Crippen LogP contribution in [0.3, 0.4) is 0 Å². The molecule has 0 bridgehead atoms. The van der Waals surface area contributed by atoms with E-state index in [1.807, 2.05) is 6.92 Å². The fourth-order valence-corrected chi connectivity index (χ4v) is 1.46. The summed E-state index contributed by atoms with van der Waals surface area (Å²) in [7, 11) is 0. The zero-order chi connectivity index (χ0) is 14.4. The minimum atomic E-state index is -0.218. The Bertz CT molecular complexity index is 515. The zero-order valence-corrected chi connectivity index (χ0v) is 11.2. The van der Waals surface area contributed by atoms with Gasteiger partial charge in [-0.2, -0.15) is 0 Å². The van der Waals surface area contributed by atoms with Crippen LogP contribution >= 0.6 is 0 Å². The van der Waals surface area contributed by atoms with Crippen LogP contribution < -0.4 is 15.8 Å². The predicted octanol–water partition coefficient (Wildman–Crippen LogP) is 1.06. The Hall–Kier alpha value is -2.63. The number of carbonyl (C=O) groups excluding carboxylic acids is 1. The molecule has 0 saturated carbocycles. The zero-order valence-electron chi connectivity index (χ0n) is 11.2. The number of nitrogens with one attached hydrogen (secondary N) is 1. The first-order chi connectivity index (χ1) is 9.63. The molecule has 6 nitrogen and oxygen atoms in total. The Morgan fingerprint density at radius 3 is 2.65 bits per heavy atom. The minimum Gasteiger partial charge on any atom is -0.484 e. The van der Waals surface area contributed by atoms with Crippen molar-refractivity contribution < 1.29 is 9.53 Å². The molecular formula is C14H16N4O2. The van der Waals surface area contributed by atoms with E-state index in [1.165, 1.54) is 0 Å². The maximum atomic E-state index is 11.6. The van der Waals surface area contributed by atoms with Crippen LogP contribution in [0.5, 0.6) is 5.75 Å². The van der Waals surface area contributed by atoms with Crippen LogP contribution in [0, 0.1) is 6.92 Å². The summed E-state index contributed by atoms with van der Waals surface area (Å²) in [6.07, 6.45) is 3.29. The van der Waals surface area contributed by atoms with Crippen LogP contribution in [-0.2, 0) is 11.3 Å². The molecule has 0 aliphatic rings. The van der Waals surface area contributed by atoms with Gasteiger partial charge in [0.05, 0.1) is 24.1 Å². The van der Waals surface area contributed by atoms with Crippen molar-refractivity contribution in [2.24, 2.45) is 0 Å². The molecule has 1 amide bonds. The SMILES string of the molecule is Cc1cnc(CNC(=O)COc2ccc(N)cc2)cn1. The molecule has 0 aliphatic carbocycles. The number of nitrogens with zero attached hydrogens (tertiary/aromatic N) is 2. The predicted molar refractivity (Wildman–Crippen MR) is 75.0 cm³/mol. The van der Waals surface area contributed by atoms with Gasteiger partial charge in [-0.3, -0.25) is 14.8 Å².